The van der Waals surface area contributed by atoms with Crippen LogP contribution < -0.4 is 10.2 Å². The molecule has 1 aliphatic rings. The molecule has 4 rings (SSSR count). The molecule has 6 nitrogen and oxygen atoms in total. The van der Waals surface area contributed by atoms with Crippen LogP contribution in [0.3, 0.4) is 0 Å². The van der Waals surface area contributed by atoms with E-state index in [9.17, 15) is 4.79 Å². The molecule has 0 spiro atoms. The molecular formula is C23H25N5OS. The number of hydrogen-bond acceptors (Lipinski definition) is 6. The number of benzene rings is 1. The molecule has 3 heterocycles. The van der Waals surface area contributed by atoms with E-state index in [0.717, 1.165) is 40.7 Å². The van der Waals surface area contributed by atoms with Gasteiger partial charge < -0.3 is 10.2 Å². The first-order valence-electron chi connectivity index (χ1n) is 10.2. The summed E-state index contributed by atoms with van der Waals surface area (Å²) in [5.41, 5.74) is 2.24. The molecule has 1 aromatic carbocycles. The predicted octanol–water partition coefficient (Wildman–Crippen LogP) is 3.86. The second kappa shape index (κ2) is 9.71. The molecule has 7 heteroatoms. The van der Waals surface area contributed by atoms with Crippen molar-refractivity contribution in [3.63, 3.8) is 0 Å². The van der Waals surface area contributed by atoms with Crippen LogP contribution >= 0.6 is 11.8 Å². The van der Waals surface area contributed by atoms with Crippen molar-refractivity contribution >= 4 is 23.5 Å². The average Bonchev–Trinajstić information content (AvgIpc) is 2.80. The Balaban J connectivity index is 1.43. The Hall–Kier alpha value is -2.93. The van der Waals surface area contributed by atoms with Crippen LogP contribution in [0.5, 0.6) is 0 Å². The third-order valence-corrected chi connectivity index (χ3v) is 6.15. The van der Waals surface area contributed by atoms with Crippen LogP contribution in [0.1, 0.15) is 24.0 Å². The van der Waals surface area contributed by atoms with Crippen LogP contribution in [0.2, 0.25) is 0 Å². The highest BCUT2D eigenvalue weighted by Crippen LogP contribution is 2.34. The molecule has 1 atom stereocenters. The van der Waals surface area contributed by atoms with Crippen LogP contribution in [0, 0.1) is 12.8 Å². The lowest BCUT2D eigenvalue weighted by molar-refractivity contribution is -0.125. The first-order chi connectivity index (χ1) is 14.7. The van der Waals surface area contributed by atoms with Crippen LogP contribution in [0.15, 0.2) is 71.1 Å². The first kappa shape index (κ1) is 20.3. The summed E-state index contributed by atoms with van der Waals surface area (Å²) in [6.45, 7) is 4.11. The second-order valence-electron chi connectivity index (χ2n) is 7.46. The van der Waals surface area contributed by atoms with Gasteiger partial charge in [-0.05, 0) is 43.5 Å². The van der Waals surface area contributed by atoms with Gasteiger partial charge in [-0.2, -0.15) is 0 Å². The topological polar surface area (TPSA) is 71.0 Å². The summed E-state index contributed by atoms with van der Waals surface area (Å²) < 4.78 is 0. The number of hydrogen-bond donors (Lipinski definition) is 1. The minimum Gasteiger partial charge on any atom is -0.354 e. The van der Waals surface area contributed by atoms with E-state index in [-0.39, 0.29) is 11.8 Å². The number of nitrogens with zero attached hydrogens (tertiary/aromatic N) is 4. The minimum atomic E-state index is -0.0605. The normalized spacial score (nSPS) is 16.3. The molecule has 0 saturated carbocycles. The van der Waals surface area contributed by atoms with Gasteiger partial charge in [0.1, 0.15) is 5.03 Å². The third kappa shape index (κ3) is 5.16. The van der Waals surface area contributed by atoms with Crippen molar-refractivity contribution in [2.75, 3.05) is 18.0 Å². The maximum Gasteiger partial charge on any atom is 0.225 e. The van der Waals surface area contributed by atoms with E-state index in [4.69, 9.17) is 0 Å². The molecule has 30 heavy (non-hydrogen) atoms. The highest BCUT2D eigenvalue weighted by molar-refractivity contribution is 7.99. The van der Waals surface area contributed by atoms with Crippen molar-refractivity contribution in [1.29, 1.82) is 0 Å². The Morgan fingerprint density at radius 3 is 2.80 bits per heavy atom. The summed E-state index contributed by atoms with van der Waals surface area (Å²) in [5, 5.41) is 3.93. The summed E-state index contributed by atoms with van der Waals surface area (Å²) in [4.78, 5) is 29.4. The molecule has 154 valence electrons. The number of piperidine rings is 1. The van der Waals surface area contributed by atoms with Crippen LogP contribution in [-0.2, 0) is 11.3 Å². The Labute approximate surface area is 181 Å². The largest absolute Gasteiger partial charge is 0.354 e. The first-order valence-corrected chi connectivity index (χ1v) is 11.0. The number of aryl methyl sites for hydroxylation is 1. The number of nitrogens with one attached hydrogen (secondary N) is 1. The smallest absolute Gasteiger partial charge is 0.225 e. The molecule has 0 bridgehead atoms. The van der Waals surface area contributed by atoms with E-state index in [1.54, 1.807) is 36.5 Å². The van der Waals surface area contributed by atoms with Gasteiger partial charge in [-0.1, -0.05) is 35.5 Å². The number of amides is 1. The molecule has 0 radical (unpaired) electrons. The zero-order valence-corrected chi connectivity index (χ0v) is 17.8. The fraction of sp³-hybridized carbons (Fsp3) is 0.304. The predicted molar refractivity (Wildman–Crippen MR) is 118 cm³/mol. The summed E-state index contributed by atoms with van der Waals surface area (Å²) >= 11 is 1.61. The maximum atomic E-state index is 12.8. The fourth-order valence-electron chi connectivity index (χ4n) is 3.54. The lowest BCUT2D eigenvalue weighted by Gasteiger charge is -2.33. The van der Waals surface area contributed by atoms with Crippen molar-refractivity contribution in [3.8, 4) is 0 Å². The highest BCUT2D eigenvalue weighted by Gasteiger charge is 2.28. The van der Waals surface area contributed by atoms with Gasteiger partial charge in [-0.15, -0.1) is 0 Å². The monoisotopic (exact) mass is 419 g/mol. The number of carbonyl (C=O) groups excluding carboxylic acids is 1. The quantitative estimate of drug-likeness (QED) is 0.654. The lowest BCUT2D eigenvalue weighted by atomic mass is 9.97. The average molecular weight is 420 g/mol. The highest BCUT2D eigenvalue weighted by atomic mass is 32.2. The molecule has 1 aliphatic heterocycles. The van der Waals surface area contributed by atoms with Crippen molar-refractivity contribution in [3.05, 3.63) is 72.3 Å². The molecule has 1 saturated heterocycles. The van der Waals surface area contributed by atoms with E-state index in [1.165, 1.54) is 5.56 Å². The van der Waals surface area contributed by atoms with Gasteiger partial charge in [-0.25, -0.2) is 9.97 Å². The second-order valence-corrected chi connectivity index (χ2v) is 8.53. The van der Waals surface area contributed by atoms with Crippen LogP contribution in [0.25, 0.3) is 0 Å². The number of carbonyl (C=O) groups is 1. The Morgan fingerprint density at radius 2 is 2.00 bits per heavy atom. The van der Waals surface area contributed by atoms with E-state index < -0.39 is 0 Å². The van der Waals surface area contributed by atoms with Gasteiger partial charge >= 0.3 is 0 Å². The van der Waals surface area contributed by atoms with Gasteiger partial charge in [-0.3, -0.25) is 9.78 Å². The standard InChI is InChI=1S/C23H25N5OS/c1-17-6-8-20(9-7-17)30-23-21(25-11-12-26-23)28-13-3-5-19(16-28)22(29)27-15-18-4-2-10-24-14-18/h2,4,6-12,14,19H,3,5,13,15-16H2,1H3,(H,27,29). The number of anilines is 1. The Kier molecular flexibility index (Phi) is 6.59. The van der Waals surface area contributed by atoms with Gasteiger partial charge in [0.25, 0.3) is 0 Å². The summed E-state index contributed by atoms with van der Waals surface area (Å²) in [6.07, 6.45) is 8.80. The number of rotatable bonds is 6. The molecule has 1 N–H and O–H groups in total. The van der Waals surface area contributed by atoms with Crippen molar-refractivity contribution < 1.29 is 4.79 Å². The third-order valence-electron chi connectivity index (χ3n) is 5.16. The van der Waals surface area contributed by atoms with Gasteiger partial charge in [0.2, 0.25) is 5.91 Å². The summed E-state index contributed by atoms with van der Waals surface area (Å²) in [5.74, 6) is 0.877. The van der Waals surface area contributed by atoms with Crippen LogP contribution in [-0.4, -0.2) is 33.9 Å². The summed E-state index contributed by atoms with van der Waals surface area (Å²) in [6, 6.07) is 12.2. The van der Waals surface area contributed by atoms with Crippen molar-refractivity contribution in [2.45, 2.75) is 36.2 Å². The number of pyridine rings is 1. The Bertz CT molecular complexity index is 980. The molecule has 1 fully saturated rings. The molecular weight excluding hydrogens is 394 g/mol. The maximum absolute atomic E-state index is 12.8. The van der Waals surface area contributed by atoms with E-state index in [0.29, 0.717) is 13.1 Å². The SMILES string of the molecule is Cc1ccc(Sc2nccnc2N2CCCC(C(=O)NCc3cccnc3)C2)cc1. The molecule has 3 aromatic rings. The summed E-state index contributed by atoms with van der Waals surface area (Å²) in [7, 11) is 0. The van der Waals surface area contributed by atoms with E-state index in [2.05, 4.69) is 56.4 Å². The van der Waals surface area contributed by atoms with Crippen molar-refractivity contribution in [1.82, 2.24) is 20.3 Å². The molecule has 2 aromatic heterocycles. The molecule has 1 unspecified atom stereocenters. The molecule has 0 aliphatic carbocycles. The minimum absolute atomic E-state index is 0.0605. The fourth-order valence-corrected chi connectivity index (χ4v) is 4.43. The zero-order chi connectivity index (χ0) is 20.8. The molecule has 1 amide bonds. The van der Waals surface area contributed by atoms with Gasteiger partial charge in [0.15, 0.2) is 5.82 Å². The van der Waals surface area contributed by atoms with E-state index in [1.807, 2.05) is 12.1 Å². The number of aromatic nitrogens is 3. The van der Waals surface area contributed by atoms with Crippen molar-refractivity contribution in [2.24, 2.45) is 5.92 Å². The Morgan fingerprint density at radius 1 is 1.17 bits per heavy atom. The van der Waals surface area contributed by atoms with Crippen LogP contribution in [0.4, 0.5) is 5.82 Å². The van der Waals surface area contributed by atoms with Gasteiger partial charge in [0, 0.05) is 49.3 Å². The van der Waals surface area contributed by atoms with Gasteiger partial charge in [0.05, 0.1) is 5.92 Å². The zero-order valence-electron chi connectivity index (χ0n) is 17.0. The lowest BCUT2D eigenvalue weighted by Crippen LogP contribution is -2.43. The van der Waals surface area contributed by atoms with E-state index >= 15 is 0 Å².